The van der Waals surface area contributed by atoms with Crippen molar-refractivity contribution in [1.82, 2.24) is 5.32 Å². The van der Waals surface area contributed by atoms with Gasteiger partial charge >= 0.3 is 0 Å². The number of nitrogens with one attached hydrogen (secondary N) is 1. The van der Waals surface area contributed by atoms with Gasteiger partial charge in [0.1, 0.15) is 5.82 Å². The summed E-state index contributed by atoms with van der Waals surface area (Å²) >= 11 is 3.23. The molecule has 0 aliphatic carbocycles. The highest BCUT2D eigenvalue weighted by Gasteiger charge is 2.12. The van der Waals surface area contributed by atoms with Gasteiger partial charge < -0.3 is 10.4 Å². The lowest BCUT2D eigenvalue weighted by Gasteiger charge is -2.14. The minimum Gasteiger partial charge on any atom is -0.394 e. The van der Waals surface area contributed by atoms with Gasteiger partial charge in [-0.25, -0.2) is 4.39 Å². The zero-order valence-corrected chi connectivity index (χ0v) is 11.1. The van der Waals surface area contributed by atoms with Gasteiger partial charge in [-0.3, -0.25) is 4.79 Å². The summed E-state index contributed by atoms with van der Waals surface area (Å²) in [6.07, 6.45) is 0.616. The van der Waals surface area contributed by atoms with E-state index in [0.29, 0.717) is 12.0 Å². The van der Waals surface area contributed by atoms with Crippen molar-refractivity contribution in [2.24, 2.45) is 0 Å². The highest BCUT2D eigenvalue weighted by atomic mass is 79.9. The summed E-state index contributed by atoms with van der Waals surface area (Å²) in [5, 5.41) is 11.6. The predicted molar refractivity (Wildman–Crippen MR) is 67.1 cm³/mol. The van der Waals surface area contributed by atoms with Crippen LogP contribution in [0, 0.1) is 5.82 Å². The molecule has 1 aromatic carbocycles. The molecule has 1 unspecified atom stereocenters. The maximum absolute atomic E-state index is 13.4. The minimum absolute atomic E-state index is 0.0260. The SMILES string of the molecule is CCC(CO)NC(=O)Cc1cc(Br)ccc1F. The number of carbonyl (C=O) groups is 1. The molecule has 94 valence electrons. The quantitative estimate of drug-likeness (QED) is 0.874. The van der Waals surface area contributed by atoms with Crippen LogP contribution in [-0.4, -0.2) is 23.7 Å². The molecule has 2 N–H and O–H groups in total. The number of aliphatic hydroxyl groups excluding tert-OH is 1. The molecule has 0 fully saturated rings. The van der Waals surface area contributed by atoms with Gasteiger partial charge in [0.15, 0.2) is 0 Å². The molecular formula is C12H15BrFNO2. The fraction of sp³-hybridized carbons (Fsp3) is 0.417. The van der Waals surface area contributed by atoms with Gasteiger partial charge in [-0.05, 0) is 30.2 Å². The van der Waals surface area contributed by atoms with Crippen LogP contribution < -0.4 is 5.32 Å². The largest absolute Gasteiger partial charge is 0.394 e. The summed E-state index contributed by atoms with van der Waals surface area (Å²) in [7, 11) is 0. The van der Waals surface area contributed by atoms with Crippen molar-refractivity contribution in [3.63, 3.8) is 0 Å². The highest BCUT2D eigenvalue weighted by molar-refractivity contribution is 9.10. The summed E-state index contributed by atoms with van der Waals surface area (Å²) in [6.45, 7) is 1.75. The van der Waals surface area contributed by atoms with Gasteiger partial charge in [-0.2, -0.15) is 0 Å². The Morgan fingerprint density at radius 3 is 2.88 bits per heavy atom. The minimum atomic E-state index is -0.402. The third kappa shape index (κ3) is 4.44. The van der Waals surface area contributed by atoms with E-state index < -0.39 is 5.82 Å². The highest BCUT2D eigenvalue weighted by Crippen LogP contribution is 2.16. The van der Waals surface area contributed by atoms with Crippen LogP contribution in [0.25, 0.3) is 0 Å². The van der Waals surface area contributed by atoms with Crippen LogP contribution in [0.15, 0.2) is 22.7 Å². The first-order valence-electron chi connectivity index (χ1n) is 5.41. The van der Waals surface area contributed by atoms with E-state index in [9.17, 15) is 9.18 Å². The molecule has 0 saturated carbocycles. The maximum Gasteiger partial charge on any atom is 0.224 e. The number of hydrogen-bond donors (Lipinski definition) is 2. The topological polar surface area (TPSA) is 49.3 Å². The number of rotatable bonds is 5. The molecule has 17 heavy (non-hydrogen) atoms. The monoisotopic (exact) mass is 303 g/mol. The molecule has 0 heterocycles. The predicted octanol–water partition coefficient (Wildman–Crippen LogP) is 2.02. The molecule has 3 nitrogen and oxygen atoms in total. The van der Waals surface area contributed by atoms with E-state index >= 15 is 0 Å². The molecule has 0 radical (unpaired) electrons. The Kier molecular flexibility index (Phi) is 5.58. The Labute approximate surface area is 108 Å². The van der Waals surface area contributed by atoms with E-state index in [-0.39, 0.29) is 25.0 Å². The fourth-order valence-electron chi connectivity index (χ4n) is 1.41. The third-order valence-corrected chi connectivity index (χ3v) is 2.93. The standard InChI is InChI=1S/C12H15BrFNO2/c1-2-10(7-16)15-12(17)6-8-5-9(13)3-4-11(8)14/h3-5,10,16H,2,6-7H2,1H3,(H,15,17). The molecule has 5 heteroatoms. The van der Waals surface area contributed by atoms with Gasteiger partial charge in [0.25, 0.3) is 0 Å². The van der Waals surface area contributed by atoms with Crippen molar-refractivity contribution in [3.05, 3.63) is 34.1 Å². The zero-order chi connectivity index (χ0) is 12.8. The summed E-state index contributed by atoms with van der Waals surface area (Å²) in [4.78, 5) is 11.6. The molecule has 0 bridgehead atoms. The van der Waals surface area contributed by atoms with Crippen LogP contribution in [0.1, 0.15) is 18.9 Å². The van der Waals surface area contributed by atoms with Gasteiger partial charge in [0.05, 0.1) is 19.1 Å². The first-order valence-corrected chi connectivity index (χ1v) is 6.20. The molecule has 1 amide bonds. The van der Waals surface area contributed by atoms with Crippen LogP contribution in [-0.2, 0) is 11.2 Å². The first kappa shape index (κ1) is 14.1. The average Bonchev–Trinajstić information content (AvgIpc) is 2.31. The van der Waals surface area contributed by atoms with Crippen LogP contribution in [0.3, 0.4) is 0 Å². The van der Waals surface area contributed by atoms with Crippen molar-refractivity contribution in [1.29, 1.82) is 0 Å². The average molecular weight is 304 g/mol. The molecule has 0 saturated heterocycles. The summed E-state index contributed by atoms with van der Waals surface area (Å²) < 4.78 is 14.1. The van der Waals surface area contributed by atoms with E-state index in [1.165, 1.54) is 6.07 Å². The Morgan fingerprint density at radius 1 is 1.59 bits per heavy atom. The fourth-order valence-corrected chi connectivity index (χ4v) is 1.82. The van der Waals surface area contributed by atoms with E-state index in [2.05, 4.69) is 21.2 Å². The van der Waals surface area contributed by atoms with Crippen molar-refractivity contribution < 1.29 is 14.3 Å². The van der Waals surface area contributed by atoms with E-state index in [1.807, 2.05) is 6.92 Å². The van der Waals surface area contributed by atoms with Gasteiger partial charge in [-0.15, -0.1) is 0 Å². The Balaban J connectivity index is 2.64. The molecule has 1 aromatic rings. The smallest absolute Gasteiger partial charge is 0.224 e. The van der Waals surface area contributed by atoms with Crippen molar-refractivity contribution in [3.8, 4) is 0 Å². The number of carbonyl (C=O) groups excluding carboxylic acids is 1. The van der Waals surface area contributed by atoms with E-state index in [0.717, 1.165) is 4.47 Å². The maximum atomic E-state index is 13.4. The lowest BCUT2D eigenvalue weighted by atomic mass is 10.1. The molecule has 0 aromatic heterocycles. The molecule has 0 aliphatic rings. The molecule has 0 spiro atoms. The second-order valence-electron chi connectivity index (χ2n) is 3.77. The zero-order valence-electron chi connectivity index (χ0n) is 9.54. The van der Waals surface area contributed by atoms with Gasteiger partial charge in [0, 0.05) is 4.47 Å². The van der Waals surface area contributed by atoms with E-state index in [4.69, 9.17) is 5.11 Å². The van der Waals surface area contributed by atoms with Crippen molar-refractivity contribution >= 4 is 21.8 Å². The molecule has 0 aliphatic heterocycles. The number of benzene rings is 1. The lowest BCUT2D eigenvalue weighted by Crippen LogP contribution is -2.37. The summed E-state index contributed by atoms with van der Waals surface area (Å²) in [5.74, 6) is -0.691. The van der Waals surface area contributed by atoms with Crippen LogP contribution in [0.4, 0.5) is 4.39 Å². The Hall–Kier alpha value is -0.940. The second-order valence-corrected chi connectivity index (χ2v) is 4.68. The van der Waals surface area contributed by atoms with E-state index in [1.54, 1.807) is 12.1 Å². The summed E-state index contributed by atoms with van der Waals surface area (Å²) in [6, 6.07) is 4.21. The first-order chi connectivity index (χ1) is 8.06. The summed E-state index contributed by atoms with van der Waals surface area (Å²) in [5.41, 5.74) is 0.338. The normalized spacial score (nSPS) is 12.2. The molecule has 1 rings (SSSR count). The molecule has 1 atom stereocenters. The number of halogens is 2. The Morgan fingerprint density at radius 2 is 2.29 bits per heavy atom. The van der Waals surface area contributed by atoms with Crippen LogP contribution >= 0.6 is 15.9 Å². The number of aliphatic hydroxyl groups is 1. The molecular weight excluding hydrogens is 289 g/mol. The van der Waals surface area contributed by atoms with Gasteiger partial charge in [0.2, 0.25) is 5.91 Å². The second kappa shape index (κ2) is 6.71. The lowest BCUT2D eigenvalue weighted by molar-refractivity contribution is -0.121. The van der Waals surface area contributed by atoms with Crippen LogP contribution in [0.5, 0.6) is 0 Å². The third-order valence-electron chi connectivity index (χ3n) is 2.44. The van der Waals surface area contributed by atoms with Crippen molar-refractivity contribution in [2.75, 3.05) is 6.61 Å². The number of hydrogen-bond acceptors (Lipinski definition) is 2. The van der Waals surface area contributed by atoms with Crippen molar-refractivity contribution in [2.45, 2.75) is 25.8 Å². The van der Waals surface area contributed by atoms with Crippen LogP contribution in [0.2, 0.25) is 0 Å². The Bertz CT molecular complexity index is 394. The van der Waals surface area contributed by atoms with Gasteiger partial charge in [-0.1, -0.05) is 22.9 Å². The number of amides is 1.